The lowest BCUT2D eigenvalue weighted by atomic mass is 9.93. The molecule has 0 saturated carbocycles. The van der Waals surface area contributed by atoms with Gasteiger partial charge in [0.2, 0.25) is 5.91 Å². The summed E-state index contributed by atoms with van der Waals surface area (Å²) in [5.41, 5.74) is 4.42. The minimum atomic E-state index is -4.04. The predicted octanol–water partition coefficient (Wildman–Crippen LogP) is 4.41. The van der Waals surface area contributed by atoms with Crippen LogP contribution in [-0.2, 0) is 14.3 Å². The summed E-state index contributed by atoms with van der Waals surface area (Å²) >= 11 is 0. The molecule has 2 aromatic carbocycles. The fourth-order valence-electron chi connectivity index (χ4n) is 4.40. The summed E-state index contributed by atoms with van der Waals surface area (Å²) in [6, 6.07) is 16.0. The topological polar surface area (TPSA) is 105 Å². The van der Waals surface area contributed by atoms with Gasteiger partial charge in [-0.25, -0.2) is 9.59 Å². The molecular weight excluding hydrogens is 458 g/mol. The number of carbonyl (C=O) groups is 3. The molecule has 0 unspecified atom stereocenters. The van der Waals surface area contributed by atoms with Crippen molar-refractivity contribution in [1.29, 1.82) is 0 Å². The highest BCUT2D eigenvalue weighted by molar-refractivity contribution is 5.80. The maximum Gasteiger partial charge on any atom is 0.407 e. The molecule has 2 amide bonds. The van der Waals surface area contributed by atoms with Crippen LogP contribution in [0.2, 0.25) is 0 Å². The molecule has 0 bridgehead atoms. The van der Waals surface area contributed by atoms with E-state index in [9.17, 15) is 23.2 Å². The summed E-state index contributed by atoms with van der Waals surface area (Å²) in [6.45, 7) is 2.88. The summed E-state index contributed by atoms with van der Waals surface area (Å²) in [7, 11) is 0. The number of fused-ring (bicyclic) bond motifs is 3. The molecule has 3 N–H and O–H groups in total. The van der Waals surface area contributed by atoms with E-state index in [0.29, 0.717) is 6.42 Å². The molecule has 0 heterocycles. The molecule has 9 heteroatoms. The zero-order chi connectivity index (χ0) is 25.6. The van der Waals surface area contributed by atoms with Gasteiger partial charge in [0.15, 0.2) is 0 Å². The number of nitrogens with one attached hydrogen (secondary N) is 2. The Bertz CT molecular complexity index is 1030. The summed E-state index contributed by atoms with van der Waals surface area (Å²) in [6.07, 6.45) is -0.192. The smallest absolute Gasteiger partial charge is 0.407 e. The van der Waals surface area contributed by atoms with Crippen molar-refractivity contribution in [3.63, 3.8) is 0 Å². The van der Waals surface area contributed by atoms with Crippen LogP contribution < -0.4 is 10.6 Å². The summed E-state index contributed by atoms with van der Waals surface area (Å²) in [5.74, 6) is -7.25. The van der Waals surface area contributed by atoms with Gasteiger partial charge in [0, 0.05) is 18.9 Å². The van der Waals surface area contributed by atoms with Gasteiger partial charge in [-0.3, -0.25) is 4.79 Å². The Morgan fingerprint density at radius 3 is 2.11 bits per heavy atom. The number of hydrogen-bond donors (Lipinski definition) is 3. The molecule has 1 atom stereocenters. The first-order valence-electron chi connectivity index (χ1n) is 11.5. The van der Waals surface area contributed by atoms with E-state index in [0.717, 1.165) is 22.3 Å². The molecule has 0 radical (unpaired) electrons. The van der Waals surface area contributed by atoms with Gasteiger partial charge in [-0.2, -0.15) is 8.78 Å². The third kappa shape index (κ3) is 6.77. The monoisotopic (exact) mass is 488 g/mol. The summed E-state index contributed by atoms with van der Waals surface area (Å²) in [5, 5.41) is 13.1. The number of amides is 2. The second-order valence-corrected chi connectivity index (χ2v) is 9.19. The fourth-order valence-corrected chi connectivity index (χ4v) is 4.40. The van der Waals surface area contributed by atoms with Gasteiger partial charge in [0.25, 0.3) is 0 Å². The van der Waals surface area contributed by atoms with Crippen LogP contribution in [-0.4, -0.2) is 48.7 Å². The van der Waals surface area contributed by atoms with E-state index in [1.807, 2.05) is 67.7 Å². The van der Waals surface area contributed by atoms with E-state index < -0.39 is 30.4 Å². The number of carboxylic acid groups (broad SMARTS) is 1. The lowest BCUT2D eigenvalue weighted by molar-refractivity contribution is -0.164. The number of ether oxygens (including phenoxy) is 1. The second kappa shape index (κ2) is 11.3. The highest BCUT2D eigenvalue weighted by atomic mass is 19.3. The number of aliphatic carboxylic acids is 1. The lowest BCUT2D eigenvalue weighted by Crippen LogP contribution is -2.43. The highest BCUT2D eigenvalue weighted by Crippen LogP contribution is 2.44. The van der Waals surface area contributed by atoms with Crippen molar-refractivity contribution in [3.8, 4) is 11.1 Å². The van der Waals surface area contributed by atoms with E-state index in [4.69, 9.17) is 9.84 Å². The molecule has 188 valence electrons. The molecule has 1 aliphatic rings. The van der Waals surface area contributed by atoms with Crippen molar-refractivity contribution < 1.29 is 33.0 Å². The summed E-state index contributed by atoms with van der Waals surface area (Å²) < 4.78 is 31.9. The first-order chi connectivity index (χ1) is 16.6. The SMILES string of the molecule is CC(C)C[C@H](CNC(=O)OCC1c2ccccc2-c2ccccc21)CC(=O)NCC(F)(F)C(=O)O. The zero-order valence-electron chi connectivity index (χ0n) is 19.7. The molecule has 7 nitrogen and oxygen atoms in total. The Labute approximate surface area is 202 Å². The number of alkyl carbamates (subject to hydrolysis) is 1. The highest BCUT2D eigenvalue weighted by Gasteiger charge is 2.39. The van der Waals surface area contributed by atoms with Crippen LogP contribution in [0.4, 0.5) is 13.6 Å². The fraction of sp³-hybridized carbons (Fsp3) is 0.423. The molecule has 1 aliphatic carbocycles. The van der Waals surface area contributed by atoms with Crippen molar-refractivity contribution in [3.05, 3.63) is 59.7 Å². The average Bonchev–Trinajstić information content (AvgIpc) is 3.13. The number of alkyl halides is 2. The standard InChI is InChI=1S/C26H30F2N2O5/c1-16(2)11-17(12-23(31)30-15-26(27,28)24(32)33)13-29-25(34)35-14-22-20-9-5-3-7-18(20)19-8-4-6-10-21(19)22/h3-10,16-17,22H,11-15H2,1-2H3,(H,29,34)(H,30,31)(H,32,33)/t17-/m0/s1. The molecule has 2 aromatic rings. The number of carboxylic acids is 1. The zero-order valence-corrected chi connectivity index (χ0v) is 19.7. The van der Waals surface area contributed by atoms with Gasteiger partial charge in [-0.1, -0.05) is 62.4 Å². The first kappa shape index (κ1) is 26.1. The Morgan fingerprint density at radius 1 is 1.00 bits per heavy atom. The maximum atomic E-state index is 13.2. The normalized spacial score (nSPS) is 13.6. The number of hydrogen-bond acceptors (Lipinski definition) is 4. The van der Waals surface area contributed by atoms with Crippen LogP contribution in [0.1, 0.15) is 43.7 Å². The van der Waals surface area contributed by atoms with Gasteiger partial charge in [0.05, 0.1) is 6.54 Å². The van der Waals surface area contributed by atoms with Crippen LogP contribution in [0.5, 0.6) is 0 Å². The van der Waals surface area contributed by atoms with Crippen LogP contribution in [0.25, 0.3) is 11.1 Å². The maximum absolute atomic E-state index is 13.2. The van der Waals surface area contributed by atoms with E-state index in [-0.39, 0.29) is 37.3 Å². The van der Waals surface area contributed by atoms with Gasteiger partial charge in [0.1, 0.15) is 6.61 Å². The molecule has 0 saturated heterocycles. The van der Waals surface area contributed by atoms with Crippen molar-refractivity contribution in [2.24, 2.45) is 11.8 Å². The Balaban J connectivity index is 1.53. The van der Waals surface area contributed by atoms with Gasteiger partial charge in [-0.05, 0) is 40.5 Å². The number of carbonyl (C=O) groups excluding carboxylic acids is 2. The third-order valence-corrected chi connectivity index (χ3v) is 5.98. The lowest BCUT2D eigenvalue weighted by Gasteiger charge is -2.20. The first-order valence-corrected chi connectivity index (χ1v) is 11.5. The van der Waals surface area contributed by atoms with Crippen LogP contribution in [0.3, 0.4) is 0 Å². The average molecular weight is 489 g/mol. The largest absolute Gasteiger partial charge is 0.477 e. The molecule has 0 aliphatic heterocycles. The van der Waals surface area contributed by atoms with Crippen molar-refractivity contribution in [1.82, 2.24) is 10.6 Å². The van der Waals surface area contributed by atoms with E-state index in [1.165, 1.54) is 0 Å². The Morgan fingerprint density at radius 2 is 1.57 bits per heavy atom. The van der Waals surface area contributed by atoms with Gasteiger partial charge < -0.3 is 20.5 Å². The van der Waals surface area contributed by atoms with Gasteiger partial charge in [-0.15, -0.1) is 0 Å². The number of rotatable bonds is 11. The van der Waals surface area contributed by atoms with Crippen LogP contribution in [0.15, 0.2) is 48.5 Å². The minimum absolute atomic E-state index is 0.0821. The third-order valence-electron chi connectivity index (χ3n) is 5.98. The molecular formula is C26H30F2N2O5. The minimum Gasteiger partial charge on any atom is -0.477 e. The van der Waals surface area contributed by atoms with E-state index in [1.54, 1.807) is 0 Å². The predicted molar refractivity (Wildman–Crippen MR) is 126 cm³/mol. The van der Waals surface area contributed by atoms with E-state index >= 15 is 0 Å². The van der Waals surface area contributed by atoms with E-state index in [2.05, 4.69) is 5.32 Å². The Hall–Kier alpha value is -3.49. The number of benzene rings is 2. The molecule has 35 heavy (non-hydrogen) atoms. The summed E-state index contributed by atoms with van der Waals surface area (Å²) in [4.78, 5) is 35.0. The molecule has 0 spiro atoms. The van der Waals surface area contributed by atoms with Crippen LogP contribution >= 0.6 is 0 Å². The second-order valence-electron chi connectivity index (χ2n) is 9.19. The molecule has 3 rings (SSSR count). The van der Waals surface area contributed by atoms with Gasteiger partial charge >= 0.3 is 18.0 Å². The van der Waals surface area contributed by atoms with Crippen molar-refractivity contribution in [2.45, 2.75) is 38.5 Å². The molecule has 0 fully saturated rings. The van der Waals surface area contributed by atoms with Crippen LogP contribution in [0, 0.1) is 11.8 Å². The Kier molecular flexibility index (Phi) is 8.43. The quantitative estimate of drug-likeness (QED) is 0.435. The van der Waals surface area contributed by atoms with Crippen molar-refractivity contribution in [2.75, 3.05) is 19.7 Å². The number of halogens is 2. The molecule has 0 aromatic heterocycles. The van der Waals surface area contributed by atoms with Crippen molar-refractivity contribution >= 4 is 18.0 Å².